The lowest BCUT2D eigenvalue weighted by atomic mass is 10.0. The number of carbonyl (C=O) groups is 2. The van der Waals surface area contributed by atoms with Crippen LogP contribution in [0.5, 0.6) is 0 Å². The number of para-hydroxylation sites is 1. The highest BCUT2D eigenvalue weighted by atomic mass is 16.5. The van der Waals surface area contributed by atoms with Gasteiger partial charge in [0.2, 0.25) is 0 Å². The Morgan fingerprint density at radius 1 is 1.28 bits per heavy atom. The van der Waals surface area contributed by atoms with Crippen molar-refractivity contribution in [2.75, 3.05) is 20.3 Å². The predicted molar refractivity (Wildman–Crippen MR) is 93.5 cm³/mol. The van der Waals surface area contributed by atoms with E-state index in [9.17, 15) is 9.59 Å². The fourth-order valence-corrected chi connectivity index (χ4v) is 3.14. The monoisotopic (exact) mass is 342 g/mol. The molecule has 0 radical (unpaired) electrons. The standard InChI is InChI=1S/C19H22N2O4/c1-12(18(22)20-10-11-24-2)25-19(23)17-13-6-3-4-8-15(13)21-16-9-5-7-14(16)17/h3-4,6,8,12H,5,7,9-11H2,1-2H3,(H,20,22)/t12-/m0/s1. The van der Waals surface area contributed by atoms with Gasteiger partial charge in [-0.05, 0) is 37.8 Å². The highest BCUT2D eigenvalue weighted by molar-refractivity contribution is 6.05. The topological polar surface area (TPSA) is 77.5 Å². The Kier molecular flexibility index (Phi) is 5.28. The molecule has 6 nitrogen and oxygen atoms in total. The van der Waals surface area contributed by atoms with E-state index in [0.29, 0.717) is 18.7 Å². The Hall–Kier alpha value is -2.47. The number of methoxy groups -OCH3 is 1. The fourth-order valence-electron chi connectivity index (χ4n) is 3.14. The van der Waals surface area contributed by atoms with Crippen LogP contribution in [0.1, 0.15) is 35.0 Å². The van der Waals surface area contributed by atoms with E-state index in [1.807, 2.05) is 24.3 Å². The molecule has 1 aromatic carbocycles. The van der Waals surface area contributed by atoms with Gasteiger partial charge < -0.3 is 14.8 Å². The Morgan fingerprint density at radius 3 is 2.88 bits per heavy atom. The van der Waals surface area contributed by atoms with E-state index in [1.165, 1.54) is 0 Å². The molecule has 6 heteroatoms. The van der Waals surface area contributed by atoms with E-state index in [1.54, 1.807) is 14.0 Å². The minimum absolute atomic E-state index is 0.333. The van der Waals surface area contributed by atoms with Gasteiger partial charge in [0, 0.05) is 24.7 Å². The summed E-state index contributed by atoms with van der Waals surface area (Å²) in [6.45, 7) is 2.36. The van der Waals surface area contributed by atoms with Crippen LogP contribution in [0.15, 0.2) is 24.3 Å². The Bertz CT molecular complexity index is 803. The van der Waals surface area contributed by atoms with E-state index in [-0.39, 0.29) is 5.91 Å². The maximum absolute atomic E-state index is 12.8. The lowest BCUT2D eigenvalue weighted by Crippen LogP contribution is -2.37. The van der Waals surface area contributed by atoms with E-state index in [0.717, 1.165) is 41.4 Å². The summed E-state index contributed by atoms with van der Waals surface area (Å²) in [7, 11) is 1.56. The van der Waals surface area contributed by atoms with Gasteiger partial charge in [0.05, 0.1) is 17.7 Å². The van der Waals surface area contributed by atoms with Crippen LogP contribution in [0.4, 0.5) is 0 Å². The van der Waals surface area contributed by atoms with E-state index >= 15 is 0 Å². The molecule has 3 rings (SSSR count). The second-order valence-electron chi connectivity index (χ2n) is 6.11. The summed E-state index contributed by atoms with van der Waals surface area (Å²) >= 11 is 0. The minimum atomic E-state index is -0.867. The van der Waals surface area contributed by atoms with Crippen molar-refractivity contribution >= 4 is 22.8 Å². The predicted octanol–water partition coefficient (Wildman–Crippen LogP) is 2.03. The summed E-state index contributed by atoms with van der Waals surface area (Å²) in [6.07, 6.45) is 1.79. The van der Waals surface area contributed by atoms with Crippen LogP contribution in [0, 0.1) is 0 Å². The number of carbonyl (C=O) groups excluding carboxylic acids is 2. The molecule has 0 aliphatic heterocycles. The highest BCUT2D eigenvalue weighted by Crippen LogP contribution is 2.30. The van der Waals surface area contributed by atoms with Crippen molar-refractivity contribution < 1.29 is 19.1 Å². The van der Waals surface area contributed by atoms with E-state index < -0.39 is 12.1 Å². The molecule has 1 aliphatic carbocycles. The number of hydrogen-bond donors (Lipinski definition) is 1. The maximum atomic E-state index is 12.8. The van der Waals surface area contributed by atoms with Gasteiger partial charge in [-0.25, -0.2) is 4.79 Å². The molecule has 0 unspecified atom stereocenters. The van der Waals surface area contributed by atoms with Gasteiger partial charge >= 0.3 is 5.97 Å². The first-order chi connectivity index (χ1) is 12.1. The third kappa shape index (κ3) is 3.64. The van der Waals surface area contributed by atoms with Crippen molar-refractivity contribution in [3.05, 3.63) is 41.1 Å². The van der Waals surface area contributed by atoms with Crippen molar-refractivity contribution in [2.24, 2.45) is 0 Å². The largest absolute Gasteiger partial charge is 0.449 e. The average molecular weight is 342 g/mol. The number of benzene rings is 1. The van der Waals surface area contributed by atoms with Crippen molar-refractivity contribution in [3.8, 4) is 0 Å². The molecular formula is C19H22N2O4. The summed E-state index contributed by atoms with van der Waals surface area (Å²) in [4.78, 5) is 29.5. The minimum Gasteiger partial charge on any atom is -0.449 e. The van der Waals surface area contributed by atoms with Gasteiger partial charge in [0.15, 0.2) is 6.10 Å². The molecule has 1 heterocycles. The van der Waals surface area contributed by atoms with Gasteiger partial charge in [-0.2, -0.15) is 0 Å². The number of esters is 1. The van der Waals surface area contributed by atoms with Crippen LogP contribution in [0.3, 0.4) is 0 Å². The van der Waals surface area contributed by atoms with Gasteiger partial charge in [-0.3, -0.25) is 9.78 Å². The molecule has 0 fully saturated rings. The maximum Gasteiger partial charge on any atom is 0.339 e. The first kappa shape index (κ1) is 17.4. The van der Waals surface area contributed by atoms with Crippen molar-refractivity contribution in [1.82, 2.24) is 10.3 Å². The van der Waals surface area contributed by atoms with Crippen LogP contribution in [0.2, 0.25) is 0 Å². The molecular weight excluding hydrogens is 320 g/mol. The number of pyridine rings is 1. The quantitative estimate of drug-likeness (QED) is 0.642. The molecule has 1 aliphatic rings. The van der Waals surface area contributed by atoms with Crippen molar-refractivity contribution in [2.45, 2.75) is 32.3 Å². The number of nitrogens with one attached hydrogen (secondary N) is 1. The number of aryl methyl sites for hydroxylation is 1. The number of aromatic nitrogens is 1. The second kappa shape index (κ2) is 7.61. The number of fused-ring (bicyclic) bond motifs is 2. The summed E-state index contributed by atoms with van der Waals surface area (Å²) < 4.78 is 10.3. The third-order valence-corrected chi connectivity index (χ3v) is 4.38. The van der Waals surface area contributed by atoms with Crippen molar-refractivity contribution in [1.29, 1.82) is 0 Å². The smallest absolute Gasteiger partial charge is 0.339 e. The summed E-state index contributed by atoms with van der Waals surface area (Å²) in [5.74, 6) is -0.799. The SMILES string of the molecule is COCCNC(=O)[C@H](C)OC(=O)c1c2c(nc3ccccc13)CCC2. The molecule has 0 bridgehead atoms. The lowest BCUT2D eigenvalue weighted by Gasteiger charge is -2.16. The molecule has 0 saturated carbocycles. The summed E-state index contributed by atoms with van der Waals surface area (Å²) in [5.41, 5.74) is 3.25. The molecule has 1 atom stereocenters. The molecule has 0 spiro atoms. The van der Waals surface area contributed by atoms with Crippen molar-refractivity contribution in [3.63, 3.8) is 0 Å². The number of amides is 1. The molecule has 1 amide bonds. The van der Waals surface area contributed by atoms with Crippen LogP contribution >= 0.6 is 0 Å². The fraction of sp³-hybridized carbons (Fsp3) is 0.421. The van der Waals surface area contributed by atoms with Crippen LogP contribution < -0.4 is 5.32 Å². The van der Waals surface area contributed by atoms with Crippen LogP contribution in [0.25, 0.3) is 10.9 Å². The number of ether oxygens (including phenoxy) is 2. The Labute approximate surface area is 146 Å². The molecule has 132 valence electrons. The zero-order valence-corrected chi connectivity index (χ0v) is 14.5. The third-order valence-electron chi connectivity index (χ3n) is 4.38. The first-order valence-corrected chi connectivity index (χ1v) is 8.50. The number of rotatable bonds is 6. The zero-order chi connectivity index (χ0) is 17.8. The summed E-state index contributed by atoms with van der Waals surface area (Å²) in [5, 5.41) is 3.45. The number of nitrogens with zero attached hydrogens (tertiary/aromatic N) is 1. The zero-order valence-electron chi connectivity index (χ0n) is 14.5. The first-order valence-electron chi connectivity index (χ1n) is 8.50. The summed E-state index contributed by atoms with van der Waals surface area (Å²) in [6, 6.07) is 7.55. The van der Waals surface area contributed by atoms with Gasteiger partial charge in [-0.15, -0.1) is 0 Å². The molecule has 1 aromatic heterocycles. The normalized spacial score (nSPS) is 14.2. The second-order valence-corrected chi connectivity index (χ2v) is 6.11. The molecule has 0 saturated heterocycles. The number of hydrogen-bond acceptors (Lipinski definition) is 5. The lowest BCUT2D eigenvalue weighted by molar-refractivity contribution is -0.129. The Morgan fingerprint density at radius 2 is 2.08 bits per heavy atom. The van der Waals surface area contributed by atoms with Gasteiger partial charge in [-0.1, -0.05) is 18.2 Å². The average Bonchev–Trinajstić information content (AvgIpc) is 3.07. The van der Waals surface area contributed by atoms with Gasteiger partial charge in [0.25, 0.3) is 5.91 Å². The van der Waals surface area contributed by atoms with Gasteiger partial charge in [0.1, 0.15) is 0 Å². The van der Waals surface area contributed by atoms with Crippen LogP contribution in [-0.4, -0.2) is 43.2 Å². The van der Waals surface area contributed by atoms with Crippen LogP contribution in [-0.2, 0) is 27.1 Å². The van der Waals surface area contributed by atoms with E-state index in [2.05, 4.69) is 10.3 Å². The Balaban J connectivity index is 1.84. The molecule has 2 aromatic rings. The molecule has 1 N–H and O–H groups in total. The highest BCUT2D eigenvalue weighted by Gasteiger charge is 2.27. The van der Waals surface area contributed by atoms with E-state index in [4.69, 9.17) is 9.47 Å². The molecule has 25 heavy (non-hydrogen) atoms.